The number of methoxy groups -OCH3 is 1. The molecule has 0 spiro atoms. The van der Waals surface area contributed by atoms with Gasteiger partial charge in [0.1, 0.15) is 11.8 Å². The van der Waals surface area contributed by atoms with E-state index in [0.29, 0.717) is 11.7 Å². The molecule has 7 nitrogen and oxygen atoms in total. The minimum atomic E-state index is -0.661. The number of nitrogens with one attached hydrogen (secondary N) is 3. The van der Waals surface area contributed by atoms with Crippen molar-refractivity contribution in [1.82, 2.24) is 15.3 Å². The van der Waals surface area contributed by atoms with Crippen LogP contribution in [0.3, 0.4) is 0 Å². The fourth-order valence-corrected chi connectivity index (χ4v) is 3.10. The molecule has 2 aromatic carbocycles. The smallest absolute Gasteiger partial charge is 0.249 e. The normalized spacial score (nSPS) is 12.9. The molecule has 0 saturated carbocycles. The number of rotatable bonds is 8. The number of H-pyrrole nitrogens is 1. The number of aromatic amines is 1. The average molecular weight is 394 g/mol. The quantitative estimate of drug-likeness (QED) is 0.546. The standard InChI is InChI=1S/C22H26N4O3/c1-4-14(2)20(25-19(27)13-15-8-7-9-16(12-15)29-3)21(28)26-22-23-17-10-5-6-11-18(17)24-22/h5-12,14,20H,4,13H2,1-3H3,(H,25,27)(H2,23,24,26,28)/t14-,20-/m0/s1. The first-order chi connectivity index (χ1) is 14.0. The lowest BCUT2D eigenvalue weighted by Crippen LogP contribution is -2.48. The van der Waals surface area contributed by atoms with Gasteiger partial charge in [0.25, 0.3) is 0 Å². The van der Waals surface area contributed by atoms with Crippen molar-refractivity contribution in [3.05, 3.63) is 54.1 Å². The molecule has 0 saturated heterocycles. The minimum absolute atomic E-state index is 0.0337. The Hall–Kier alpha value is -3.35. The summed E-state index contributed by atoms with van der Waals surface area (Å²) in [4.78, 5) is 32.9. The van der Waals surface area contributed by atoms with Crippen LogP contribution < -0.4 is 15.4 Å². The second kappa shape index (κ2) is 9.23. The van der Waals surface area contributed by atoms with E-state index in [0.717, 1.165) is 23.0 Å². The highest BCUT2D eigenvalue weighted by molar-refractivity contribution is 5.97. The maximum Gasteiger partial charge on any atom is 0.249 e. The number of fused-ring (bicyclic) bond motifs is 1. The highest BCUT2D eigenvalue weighted by Gasteiger charge is 2.26. The number of para-hydroxylation sites is 2. The molecule has 152 valence electrons. The Morgan fingerprint density at radius 2 is 1.97 bits per heavy atom. The number of nitrogens with zero attached hydrogens (tertiary/aromatic N) is 1. The van der Waals surface area contributed by atoms with Gasteiger partial charge in [-0.2, -0.15) is 0 Å². The minimum Gasteiger partial charge on any atom is -0.497 e. The van der Waals surface area contributed by atoms with Crippen LogP contribution in [-0.2, 0) is 16.0 Å². The van der Waals surface area contributed by atoms with E-state index in [1.54, 1.807) is 7.11 Å². The molecule has 1 heterocycles. The topological polar surface area (TPSA) is 96.1 Å². The first-order valence-electron chi connectivity index (χ1n) is 9.68. The lowest BCUT2D eigenvalue weighted by atomic mass is 9.98. The second-order valence-corrected chi connectivity index (χ2v) is 7.05. The van der Waals surface area contributed by atoms with Gasteiger partial charge in [-0.05, 0) is 35.7 Å². The lowest BCUT2D eigenvalue weighted by Gasteiger charge is -2.23. The van der Waals surface area contributed by atoms with Gasteiger partial charge in [0.2, 0.25) is 17.8 Å². The Morgan fingerprint density at radius 1 is 1.17 bits per heavy atom. The van der Waals surface area contributed by atoms with Gasteiger partial charge in [0.15, 0.2) is 0 Å². The van der Waals surface area contributed by atoms with Crippen molar-refractivity contribution >= 4 is 28.8 Å². The summed E-state index contributed by atoms with van der Waals surface area (Å²) in [6, 6.07) is 14.2. The fourth-order valence-electron chi connectivity index (χ4n) is 3.10. The van der Waals surface area contributed by atoms with Crippen molar-refractivity contribution in [2.45, 2.75) is 32.7 Å². The first kappa shape index (κ1) is 20.4. The van der Waals surface area contributed by atoms with Crippen LogP contribution in [-0.4, -0.2) is 34.9 Å². The van der Waals surface area contributed by atoms with Gasteiger partial charge in [0, 0.05) is 0 Å². The average Bonchev–Trinajstić information content (AvgIpc) is 3.13. The molecule has 0 aliphatic rings. The third-order valence-electron chi connectivity index (χ3n) is 4.94. The highest BCUT2D eigenvalue weighted by Crippen LogP contribution is 2.16. The molecule has 0 radical (unpaired) electrons. The molecule has 29 heavy (non-hydrogen) atoms. The summed E-state index contributed by atoms with van der Waals surface area (Å²) >= 11 is 0. The summed E-state index contributed by atoms with van der Waals surface area (Å²) in [7, 11) is 1.58. The number of carbonyl (C=O) groups excluding carboxylic acids is 2. The summed E-state index contributed by atoms with van der Waals surface area (Å²) in [6.07, 6.45) is 0.916. The van der Waals surface area contributed by atoms with Crippen LogP contribution in [0.2, 0.25) is 0 Å². The van der Waals surface area contributed by atoms with Crippen molar-refractivity contribution < 1.29 is 14.3 Å². The zero-order valence-electron chi connectivity index (χ0n) is 16.9. The number of imidazole rings is 1. The number of ether oxygens (including phenoxy) is 1. The molecule has 3 rings (SSSR count). The highest BCUT2D eigenvalue weighted by atomic mass is 16.5. The number of amides is 2. The van der Waals surface area contributed by atoms with Crippen molar-refractivity contribution in [2.24, 2.45) is 5.92 Å². The number of hydrogen-bond donors (Lipinski definition) is 3. The van der Waals surface area contributed by atoms with Crippen LogP contribution >= 0.6 is 0 Å². The van der Waals surface area contributed by atoms with Crippen LogP contribution in [0.25, 0.3) is 11.0 Å². The number of hydrogen-bond acceptors (Lipinski definition) is 4. The van der Waals surface area contributed by atoms with Gasteiger partial charge in [0.05, 0.1) is 24.6 Å². The van der Waals surface area contributed by atoms with Crippen molar-refractivity contribution in [3.8, 4) is 5.75 Å². The summed E-state index contributed by atoms with van der Waals surface area (Å²) < 4.78 is 5.20. The van der Waals surface area contributed by atoms with E-state index in [4.69, 9.17) is 4.74 Å². The Bertz CT molecular complexity index is 965. The predicted octanol–water partition coefficient (Wildman–Crippen LogP) is 3.28. The Kier molecular flexibility index (Phi) is 6.49. The van der Waals surface area contributed by atoms with E-state index in [-0.39, 0.29) is 24.2 Å². The zero-order chi connectivity index (χ0) is 20.8. The molecule has 1 aromatic heterocycles. The van der Waals surface area contributed by atoms with Crippen LogP contribution in [0.15, 0.2) is 48.5 Å². The van der Waals surface area contributed by atoms with Gasteiger partial charge in [-0.1, -0.05) is 44.5 Å². The molecule has 2 atom stereocenters. The first-order valence-corrected chi connectivity index (χ1v) is 9.68. The largest absolute Gasteiger partial charge is 0.497 e. The van der Waals surface area contributed by atoms with Crippen molar-refractivity contribution in [1.29, 1.82) is 0 Å². The van der Waals surface area contributed by atoms with Crippen molar-refractivity contribution in [2.75, 3.05) is 12.4 Å². The number of aromatic nitrogens is 2. The zero-order valence-corrected chi connectivity index (χ0v) is 16.9. The van der Waals surface area contributed by atoms with Gasteiger partial charge in [-0.15, -0.1) is 0 Å². The van der Waals surface area contributed by atoms with E-state index < -0.39 is 6.04 Å². The molecule has 0 unspecified atom stereocenters. The molecule has 0 aliphatic carbocycles. The molecule has 0 fully saturated rings. The number of anilines is 1. The molecule has 3 aromatic rings. The molecule has 3 N–H and O–H groups in total. The van der Waals surface area contributed by atoms with Crippen molar-refractivity contribution in [3.63, 3.8) is 0 Å². The Morgan fingerprint density at radius 3 is 2.69 bits per heavy atom. The monoisotopic (exact) mass is 394 g/mol. The molecular weight excluding hydrogens is 368 g/mol. The summed E-state index contributed by atoms with van der Waals surface area (Å²) in [5.74, 6) is 0.511. The number of benzene rings is 2. The van der Waals surface area contributed by atoms with E-state index in [9.17, 15) is 9.59 Å². The molecule has 2 amide bonds. The lowest BCUT2D eigenvalue weighted by molar-refractivity contribution is -0.127. The third kappa shape index (κ3) is 5.13. The van der Waals surface area contributed by atoms with Gasteiger partial charge in [-0.3, -0.25) is 14.9 Å². The molecular formula is C22H26N4O3. The fraction of sp³-hybridized carbons (Fsp3) is 0.318. The summed E-state index contributed by atoms with van der Waals surface area (Å²) in [6.45, 7) is 3.93. The molecule has 7 heteroatoms. The van der Waals surface area contributed by atoms with E-state index in [1.165, 1.54) is 0 Å². The van der Waals surface area contributed by atoms with Gasteiger partial charge < -0.3 is 15.0 Å². The predicted molar refractivity (Wildman–Crippen MR) is 113 cm³/mol. The van der Waals surface area contributed by atoms with E-state index in [1.807, 2.05) is 62.4 Å². The summed E-state index contributed by atoms with van der Waals surface area (Å²) in [5.41, 5.74) is 2.43. The van der Waals surface area contributed by atoms with Crippen LogP contribution in [0.1, 0.15) is 25.8 Å². The van der Waals surface area contributed by atoms with Gasteiger partial charge >= 0.3 is 0 Å². The summed E-state index contributed by atoms with van der Waals surface area (Å²) in [5, 5.41) is 5.67. The number of carbonyl (C=O) groups is 2. The Labute approximate surface area is 169 Å². The SMILES string of the molecule is CC[C@H](C)[C@H](NC(=O)Cc1cccc(OC)c1)C(=O)Nc1nc2ccccc2[nH]1. The third-order valence-corrected chi connectivity index (χ3v) is 4.94. The van der Waals surface area contributed by atoms with Crippen LogP contribution in [0.4, 0.5) is 5.95 Å². The maximum atomic E-state index is 12.9. The maximum absolute atomic E-state index is 12.9. The van der Waals surface area contributed by atoms with Crippen LogP contribution in [0, 0.1) is 5.92 Å². The van der Waals surface area contributed by atoms with Gasteiger partial charge in [-0.25, -0.2) is 4.98 Å². The van der Waals surface area contributed by atoms with E-state index >= 15 is 0 Å². The van der Waals surface area contributed by atoms with E-state index in [2.05, 4.69) is 20.6 Å². The molecule has 0 bridgehead atoms. The second-order valence-electron chi connectivity index (χ2n) is 7.05. The Balaban J connectivity index is 1.69. The molecule has 0 aliphatic heterocycles. The van der Waals surface area contributed by atoms with Crippen LogP contribution in [0.5, 0.6) is 5.75 Å².